The van der Waals surface area contributed by atoms with Crippen LogP contribution in [0.5, 0.6) is 0 Å². The molecule has 0 radical (unpaired) electrons. The van der Waals surface area contributed by atoms with Crippen molar-refractivity contribution < 1.29 is 14.6 Å². The van der Waals surface area contributed by atoms with Crippen molar-refractivity contribution in [2.24, 2.45) is 0 Å². The Bertz CT molecular complexity index is 162. The fraction of sp³-hybridized carbons (Fsp3) is 0.909. The van der Waals surface area contributed by atoms with Crippen molar-refractivity contribution in [3.05, 3.63) is 0 Å². The number of hydrogen-bond donors (Lipinski definition) is 0. The van der Waals surface area contributed by atoms with Crippen molar-refractivity contribution in [2.45, 2.75) is 63.9 Å². The Kier molecular flexibility index (Phi) is 4.94. The first kappa shape index (κ1) is 11.5. The van der Waals surface area contributed by atoms with Crippen LogP contribution in [-0.4, -0.2) is 12.1 Å². The van der Waals surface area contributed by atoms with Crippen molar-refractivity contribution in [1.82, 2.24) is 0 Å². The smallest absolute Gasteiger partial charge is 0.301 e. The summed E-state index contributed by atoms with van der Waals surface area (Å²) in [7, 11) is 0. The molecule has 1 aliphatic carbocycles. The summed E-state index contributed by atoms with van der Waals surface area (Å²) in [5.74, 6) is 0. The Morgan fingerprint density at radius 1 is 1.29 bits per heavy atom. The number of hydrogen-bond acceptors (Lipinski definition) is 3. The lowest BCUT2D eigenvalue weighted by Crippen LogP contribution is -2.35. The van der Waals surface area contributed by atoms with Crippen LogP contribution in [0, 0.1) is 0 Å². The quantitative estimate of drug-likeness (QED) is 0.375. The van der Waals surface area contributed by atoms with Gasteiger partial charge in [-0.3, -0.25) is 4.79 Å². The lowest BCUT2D eigenvalue weighted by atomic mass is 9.81. The molecule has 0 amide bonds. The molecule has 82 valence electrons. The summed E-state index contributed by atoms with van der Waals surface area (Å²) in [6.07, 6.45) is 9.02. The van der Waals surface area contributed by atoms with E-state index in [0.717, 1.165) is 32.1 Å². The van der Waals surface area contributed by atoms with Gasteiger partial charge in [-0.15, -0.1) is 0 Å². The van der Waals surface area contributed by atoms with Gasteiger partial charge in [-0.2, -0.15) is 4.89 Å². The lowest BCUT2D eigenvalue weighted by Gasteiger charge is -2.34. The molecule has 1 rings (SSSR count). The van der Waals surface area contributed by atoms with Crippen molar-refractivity contribution in [3.8, 4) is 0 Å². The maximum absolute atomic E-state index is 10.1. The number of rotatable bonds is 6. The van der Waals surface area contributed by atoms with E-state index >= 15 is 0 Å². The summed E-state index contributed by atoms with van der Waals surface area (Å²) in [5, 5.41) is 0. The largest absolute Gasteiger partial charge is 0.330 e. The van der Waals surface area contributed by atoms with E-state index in [1.165, 1.54) is 19.3 Å². The molecule has 0 N–H and O–H groups in total. The standard InChI is InChI=1S/C11H20O3/c1-2-3-7-11(14-13-10-12)8-5-4-6-9-11/h10H,2-9H2,1H3. The zero-order chi connectivity index (χ0) is 10.3. The molecule has 0 aromatic carbocycles. The first-order valence-corrected chi connectivity index (χ1v) is 5.61. The molecule has 0 aromatic rings. The van der Waals surface area contributed by atoms with Crippen LogP contribution in [0.2, 0.25) is 0 Å². The number of carbonyl (C=O) groups excluding carboxylic acids is 1. The first-order chi connectivity index (χ1) is 6.83. The van der Waals surface area contributed by atoms with Crippen molar-refractivity contribution in [1.29, 1.82) is 0 Å². The zero-order valence-electron chi connectivity index (χ0n) is 8.96. The van der Waals surface area contributed by atoms with Crippen LogP contribution in [0.3, 0.4) is 0 Å². The highest BCUT2D eigenvalue weighted by Gasteiger charge is 2.34. The Balaban J connectivity index is 2.43. The van der Waals surface area contributed by atoms with Crippen molar-refractivity contribution in [2.75, 3.05) is 0 Å². The van der Waals surface area contributed by atoms with Crippen LogP contribution in [0.25, 0.3) is 0 Å². The molecule has 3 heteroatoms. The van der Waals surface area contributed by atoms with Gasteiger partial charge < -0.3 is 4.89 Å². The van der Waals surface area contributed by atoms with E-state index in [0.29, 0.717) is 6.47 Å². The first-order valence-electron chi connectivity index (χ1n) is 5.61. The van der Waals surface area contributed by atoms with Crippen molar-refractivity contribution in [3.63, 3.8) is 0 Å². The van der Waals surface area contributed by atoms with Gasteiger partial charge in [0, 0.05) is 0 Å². The molecule has 14 heavy (non-hydrogen) atoms. The molecule has 3 nitrogen and oxygen atoms in total. The highest BCUT2D eigenvalue weighted by molar-refractivity contribution is 5.35. The molecule has 0 aromatic heterocycles. The number of carbonyl (C=O) groups is 1. The van der Waals surface area contributed by atoms with Crippen LogP contribution in [0.1, 0.15) is 58.3 Å². The lowest BCUT2D eigenvalue weighted by molar-refractivity contribution is -0.332. The maximum Gasteiger partial charge on any atom is 0.330 e. The van der Waals surface area contributed by atoms with E-state index in [4.69, 9.17) is 4.89 Å². The average molecular weight is 200 g/mol. The third-order valence-corrected chi connectivity index (χ3v) is 3.01. The summed E-state index contributed by atoms with van der Waals surface area (Å²) in [6, 6.07) is 0. The summed E-state index contributed by atoms with van der Waals surface area (Å²) in [4.78, 5) is 19.9. The minimum absolute atomic E-state index is 0.171. The molecule has 1 saturated carbocycles. The maximum atomic E-state index is 10.1. The Morgan fingerprint density at radius 2 is 2.00 bits per heavy atom. The molecule has 0 saturated heterocycles. The van der Waals surface area contributed by atoms with E-state index in [2.05, 4.69) is 11.8 Å². The van der Waals surface area contributed by atoms with Gasteiger partial charge >= 0.3 is 6.47 Å². The highest BCUT2D eigenvalue weighted by Crippen LogP contribution is 2.35. The molecular formula is C11H20O3. The second-order valence-corrected chi connectivity index (χ2v) is 4.12. The summed E-state index contributed by atoms with van der Waals surface area (Å²) in [5.41, 5.74) is -0.171. The van der Waals surface area contributed by atoms with Crippen molar-refractivity contribution >= 4 is 6.47 Å². The normalized spacial score (nSPS) is 20.4. The SMILES string of the molecule is CCCCC1(OOC=O)CCCCC1. The van der Waals surface area contributed by atoms with Gasteiger partial charge in [0.05, 0.1) is 0 Å². The molecule has 1 fully saturated rings. The second kappa shape index (κ2) is 6.02. The topological polar surface area (TPSA) is 35.5 Å². The second-order valence-electron chi connectivity index (χ2n) is 4.12. The van der Waals surface area contributed by atoms with Gasteiger partial charge in [0.2, 0.25) is 0 Å². The molecule has 0 spiro atoms. The van der Waals surface area contributed by atoms with E-state index in [9.17, 15) is 4.79 Å². The van der Waals surface area contributed by atoms with Crippen LogP contribution < -0.4 is 0 Å². The van der Waals surface area contributed by atoms with Crippen LogP contribution in [-0.2, 0) is 14.6 Å². The third-order valence-electron chi connectivity index (χ3n) is 3.01. The van der Waals surface area contributed by atoms with Gasteiger partial charge in [0.15, 0.2) is 0 Å². The fourth-order valence-corrected chi connectivity index (χ4v) is 2.19. The molecule has 0 unspecified atom stereocenters. The summed E-state index contributed by atoms with van der Waals surface area (Å²) in [6.45, 7) is 2.54. The molecular weight excluding hydrogens is 180 g/mol. The predicted molar refractivity (Wildman–Crippen MR) is 53.6 cm³/mol. The van der Waals surface area contributed by atoms with Crippen LogP contribution in [0.4, 0.5) is 0 Å². The van der Waals surface area contributed by atoms with Gasteiger partial charge in [-0.1, -0.05) is 39.0 Å². The molecule has 0 heterocycles. The van der Waals surface area contributed by atoms with Crippen LogP contribution in [0.15, 0.2) is 0 Å². The summed E-state index contributed by atoms with van der Waals surface area (Å²) < 4.78 is 0. The molecule has 0 atom stereocenters. The zero-order valence-corrected chi connectivity index (χ0v) is 8.96. The third kappa shape index (κ3) is 3.29. The predicted octanol–water partition coefficient (Wildman–Crippen LogP) is 2.98. The molecule has 0 bridgehead atoms. The fourth-order valence-electron chi connectivity index (χ4n) is 2.19. The number of unbranched alkanes of at least 4 members (excludes halogenated alkanes) is 1. The van der Waals surface area contributed by atoms with Gasteiger partial charge in [0.25, 0.3) is 0 Å². The summed E-state index contributed by atoms with van der Waals surface area (Å²) >= 11 is 0. The van der Waals surface area contributed by atoms with E-state index in [1.807, 2.05) is 0 Å². The van der Waals surface area contributed by atoms with E-state index in [-0.39, 0.29) is 5.60 Å². The Labute approximate surface area is 85.7 Å². The Hall–Kier alpha value is -0.570. The highest BCUT2D eigenvalue weighted by atomic mass is 17.2. The van der Waals surface area contributed by atoms with Gasteiger partial charge in [-0.25, -0.2) is 0 Å². The molecule has 1 aliphatic rings. The molecule has 0 aliphatic heterocycles. The minimum atomic E-state index is -0.171. The van der Waals surface area contributed by atoms with Crippen LogP contribution >= 0.6 is 0 Å². The average Bonchev–Trinajstić information content (AvgIpc) is 2.25. The van der Waals surface area contributed by atoms with E-state index in [1.54, 1.807) is 0 Å². The minimum Gasteiger partial charge on any atom is -0.301 e. The van der Waals surface area contributed by atoms with Gasteiger partial charge in [0.1, 0.15) is 5.60 Å². The Morgan fingerprint density at radius 3 is 2.57 bits per heavy atom. The van der Waals surface area contributed by atoms with Gasteiger partial charge in [-0.05, 0) is 19.3 Å². The van der Waals surface area contributed by atoms with E-state index < -0.39 is 0 Å². The monoisotopic (exact) mass is 200 g/mol.